The summed E-state index contributed by atoms with van der Waals surface area (Å²) < 4.78 is 24.1. The maximum absolute atomic E-state index is 12.0. The molecule has 0 amide bonds. The molecule has 2 atom stereocenters. The Hall–Kier alpha value is -0.910. The van der Waals surface area contributed by atoms with Gasteiger partial charge < -0.3 is 10.4 Å². The molecule has 0 spiro atoms. The van der Waals surface area contributed by atoms with Gasteiger partial charge in [-0.25, -0.2) is 8.42 Å². The molecule has 112 valence electrons. The van der Waals surface area contributed by atoms with Crippen molar-refractivity contribution in [3.8, 4) is 0 Å². The molecule has 0 bridgehead atoms. The van der Waals surface area contributed by atoms with Gasteiger partial charge in [-0.05, 0) is 30.4 Å². The Morgan fingerprint density at radius 3 is 2.75 bits per heavy atom. The zero-order chi connectivity index (χ0) is 14.8. The number of rotatable bonds is 5. The van der Waals surface area contributed by atoms with Crippen LogP contribution in [0.25, 0.3) is 0 Å². The molecular weight excluding hydrogens is 274 g/mol. The third-order valence-corrected chi connectivity index (χ3v) is 5.46. The smallest absolute Gasteiger partial charge is 0.178 e. The van der Waals surface area contributed by atoms with Crippen LogP contribution in [0.15, 0.2) is 29.2 Å². The molecule has 4 nitrogen and oxygen atoms in total. The predicted octanol–water partition coefficient (Wildman–Crippen LogP) is 1.90. The number of aliphatic hydroxyl groups is 1. The van der Waals surface area contributed by atoms with E-state index >= 15 is 0 Å². The summed E-state index contributed by atoms with van der Waals surface area (Å²) >= 11 is 0. The number of nitrogens with one attached hydrogen (secondary N) is 1. The largest absolute Gasteiger partial charge is 0.392 e. The molecule has 20 heavy (non-hydrogen) atoms. The Morgan fingerprint density at radius 1 is 1.35 bits per heavy atom. The highest BCUT2D eigenvalue weighted by Crippen LogP contribution is 2.31. The summed E-state index contributed by atoms with van der Waals surface area (Å²) in [5.41, 5.74) is 0.829. The number of fused-ring (bicyclic) bond motifs is 1. The molecular formula is C15H23NO3S. The van der Waals surface area contributed by atoms with E-state index < -0.39 is 9.84 Å². The Labute approximate surface area is 121 Å². The van der Waals surface area contributed by atoms with E-state index in [-0.39, 0.29) is 17.9 Å². The molecule has 0 saturated heterocycles. The molecule has 5 heteroatoms. The van der Waals surface area contributed by atoms with Crippen molar-refractivity contribution in [1.82, 2.24) is 5.32 Å². The molecule has 1 aliphatic rings. The lowest BCUT2D eigenvalue weighted by atomic mass is 10.0. The van der Waals surface area contributed by atoms with Gasteiger partial charge in [-0.2, -0.15) is 0 Å². The first-order chi connectivity index (χ1) is 9.40. The topological polar surface area (TPSA) is 66.4 Å². The van der Waals surface area contributed by atoms with Crippen LogP contribution in [-0.4, -0.2) is 31.9 Å². The molecule has 0 radical (unpaired) electrons. The Kier molecular flexibility index (Phi) is 4.83. The summed E-state index contributed by atoms with van der Waals surface area (Å²) in [5, 5.41) is 13.2. The molecule has 1 aromatic carbocycles. The van der Waals surface area contributed by atoms with E-state index in [1.165, 1.54) is 0 Å². The number of hydrogen-bond donors (Lipinski definition) is 2. The second kappa shape index (κ2) is 6.24. The van der Waals surface area contributed by atoms with E-state index in [2.05, 4.69) is 19.2 Å². The minimum Gasteiger partial charge on any atom is -0.392 e. The second-order valence-electron chi connectivity index (χ2n) is 5.89. The fourth-order valence-corrected chi connectivity index (χ4v) is 4.33. The molecule has 2 N–H and O–H groups in total. The van der Waals surface area contributed by atoms with Gasteiger partial charge in [0.05, 0.1) is 16.8 Å². The third kappa shape index (κ3) is 3.59. The van der Waals surface area contributed by atoms with Crippen molar-refractivity contribution in [2.24, 2.45) is 5.92 Å². The number of aliphatic hydroxyl groups excluding tert-OH is 1. The molecule has 2 unspecified atom stereocenters. The Morgan fingerprint density at radius 2 is 2.05 bits per heavy atom. The number of benzene rings is 1. The zero-order valence-corrected chi connectivity index (χ0v) is 12.9. The van der Waals surface area contributed by atoms with Gasteiger partial charge >= 0.3 is 0 Å². The van der Waals surface area contributed by atoms with Crippen LogP contribution in [0.5, 0.6) is 0 Å². The maximum Gasteiger partial charge on any atom is 0.178 e. The second-order valence-corrected chi connectivity index (χ2v) is 7.97. The standard InChI is InChI=1S/C15H23NO3S/c1-11(2)9-12(17)10-16-14-7-8-20(18,19)15-6-4-3-5-13(14)15/h3-6,11-12,14,16-17H,7-10H2,1-2H3. The minimum atomic E-state index is -3.14. The lowest BCUT2D eigenvalue weighted by molar-refractivity contribution is 0.142. The SMILES string of the molecule is CC(C)CC(O)CNC1CCS(=O)(=O)c2ccccc21. The molecule has 1 heterocycles. The van der Waals surface area contributed by atoms with Crippen molar-refractivity contribution in [1.29, 1.82) is 0 Å². The highest BCUT2D eigenvalue weighted by atomic mass is 32.2. The van der Waals surface area contributed by atoms with Gasteiger partial charge in [0.2, 0.25) is 0 Å². The first-order valence-corrected chi connectivity index (χ1v) is 8.78. The fraction of sp³-hybridized carbons (Fsp3) is 0.600. The fourth-order valence-electron chi connectivity index (χ4n) is 2.71. The summed E-state index contributed by atoms with van der Waals surface area (Å²) in [6, 6.07) is 7.16. The van der Waals surface area contributed by atoms with E-state index in [4.69, 9.17) is 0 Å². The van der Waals surface area contributed by atoms with E-state index in [0.717, 1.165) is 12.0 Å². The third-order valence-electron chi connectivity index (χ3n) is 3.65. The molecule has 1 aromatic rings. The molecule has 0 aliphatic carbocycles. The van der Waals surface area contributed by atoms with Gasteiger partial charge in [0.1, 0.15) is 0 Å². The van der Waals surface area contributed by atoms with E-state index in [1.54, 1.807) is 12.1 Å². The summed E-state index contributed by atoms with van der Waals surface area (Å²) in [5.74, 6) is 0.618. The van der Waals surface area contributed by atoms with Crippen LogP contribution < -0.4 is 5.32 Å². The lowest BCUT2D eigenvalue weighted by Crippen LogP contribution is -2.35. The normalized spacial score (nSPS) is 22.5. The molecule has 1 aliphatic heterocycles. The van der Waals surface area contributed by atoms with Crippen LogP contribution in [0.4, 0.5) is 0 Å². The molecule has 2 rings (SSSR count). The van der Waals surface area contributed by atoms with Crippen molar-refractivity contribution >= 4 is 9.84 Å². The van der Waals surface area contributed by atoms with Crippen molar-refractivity contribution in [3.05, 3.63) is 29.8 Å². The molecule has 0 aromatic heterocycles. The van der Waals surface area contributed by atoms with Crippen LogP contribution >= 0.6 is 0 Å². The summed E-state index contributed by atoms with van der Waals surface area (Å²) in [4.78, 5) is 0.432. The van der Waals surface area contributed by atoms with Crippen molar-refractivity contribution in [2.45, 2.75) is 43.7 Å². The average molecular weight is 297 g/mol. The maximum atomic E-state index is 12.0. The van der Waals surface area contributed by atoms with Crippen molar-refractivity contribution in [2.75, 3.05) is 12.3 Å². The van der Waals surface area contributed by atoms with E-state index in [1.807, 2.05) is 12.1 Å². The van der Waals surface area contributed by atoms with Crippen molar-refractivity contribution < 1.29 is 13.5 Å². The Balaban J connectivity index is 2.08. The predicted molar refractivity (Wildman–Crippen MR) is 79.3 cm³/mol. The first-order valence-electron chi connectivity index (χ1n) is 7.13. The van der Waals surface area contributed by atoms with Crippen LogP contribution in [-0.2, 0) is 9.84 Å². The van der Waals surface area contributed by atoms with Crippen molar-refractivity contribution in [3.63, 3.8) is 0 Å². The minimum absolute atomic E-state index is 0.0107. The first kappa shape index (κ1) is 15.5. The Bertz CT molecular complexity index is 554. The quantitative estimate of drug-likeness (QED) is 0.871. The van der Waals surface area contributed by atoms with Gasteiger partial charge in [-0.1, -0.05) is 32.0 Å². The van der Waals surface area contributed by atoms with Crippen LogP contribution in [0.2, 0.25) is 0 Å². The highest BCUT2D eigenvalue weighted by molar-refractivity contribution is 7.91. The van der Waals surface area contributed by atoms with Gasteiger partial charge in [0.15, 0.2) is 9.84 Å². The molecule has 0 saturated carbocycles. The average Bonchev–Trinajstić information content (AvgIpc) is 2.37. The zero-order valence-electron chi connectivity index (χ0n) is 12.0. The number of sulfone groups is 1. The monoisotopic (exact) mass is 297 g/mol. The van der Waals surface area contributed by atoms with Crippen LogP contribution in [0.3, 0.4) is 0 Å². The van der Waals surface area contributed by atoms with Gasteiger partial charge in [-0.3, -0.25) is 0 Å². The summed E-state index contributed by atoms with van der Waals surface area (Å²) in [7, 11) is -3.14. The molecule has 0 fully saturated rings. The van der Waals surface area contributed by atoms with Gasteiger partial charge in [0.25, 0.3) is 0 Å². The van der Waals surface area contributed by atoms with Crippen LogP contribution in [0, 0.1) is 5.92 Å². The lowest BCUT2D eigenvalue weighted by Gasteiger charge is -2.27. The summed E-state index contributed by atoms with van der Waals surface area (Å²) in [6.07, 6.45) is 0.925. The highest BCUT2D eigenvalue weighted by Gasteiger charge is 2.29. The van der Waals surface area contributed by atoms with Gasteiger partial charge in [-0.15, -0.1) is 0 Å². The van der Waals surface area contributed by atoms with Gasteiger partial charge in [0, 0.05) is 12.6 Å². The van der Waals surface area contributed by atoms with E-state index in [9.17, 15) is 13.5 Å². The van der Waals surface area contributed by atoms with Crippen LogP contribution in [0.1, 0.15) is 38.3 Å². The summed E-state index contributed by atoms with van der Waals surface area (Å²) in [6.45, 7) is 4.65. The van der Waals surface area contributed by atoms with E-state index in [0.29, 0.717) is 23.8 Å². The number of hydrogen-bond acceptors (Lipinski definition) is 4.